The Morgan fingerprint density at radius 2 is 1.77 bits per heavy atom. The second kappa shape index (κ2) is 7.76. The largest absolute Gasteiger partial charge is 0.346 e. The van der Waals surface area contributed by atoms with Crippen LogP contribution in [0.2, 0.25) is 0 Å². The van der Waals surface area contributed by atoms with Crippen LogP contribution >= 0.6 is 0 Å². The molecule has 0 heterocycles. The molecule has 1 unspecified atom stereocenters. The molecule has 0 fully saturated rings. The Hall–Kier alpha value is -2.13. The highest BCUT2D eigenvalue weighted by Gasteiger charge is 2.14. The molecule has 2 rings (SSSR count). The predicted molar refractivity (Wildman–Crippen MR) is 91.1 cm³/mol. The molecule has 22 heavy (non-hydrogen) atoms. The van der Waals surface area contributed by atoms with E-state index in [4.69, 9.17) is 0 Å². The molecule has 3 heteroatoms. The molecular formula is C19H24N2O. The zero-order chi connectivity index (χ0) is 15.9. The van der Waals surface area contributed by atoms with Gasteiger partial charge in [0.25, 0.3) is 5.91 Å². The Morgan fingerprint density at radius 3 is 2.45 bits per heavy atom. The smallest absolute Gasteiger partial charge is 0.252 e. The minimum Gasteiger partial charge on any atom is -0.346 e. The first-order valence-electron chi connectivity index (χ1n) is 7.71. The minimum absolute atomic E-state index is 0.00884. The second-order valence-electron chi connectivity index (χ2n) is 5.62. The van der Waals surface area contributed by atoms with Gasteiger partial charge in [0, 0.05) is 5.56 Å². The number of aryl methyl sites for hydroxylation is 1. The van der Waals surface area contributed by atoms with Crippen LogP contribution in [0.5, 0.6) is 0 Å². The summed E-state index contributed by atoms with van der Waals surface area (Å²) in [6.45, 7) is 4.93. The highest BCUT2D eigenvalue weighted by atomic mass is 16.1. The van der Waals surface area contributed by atoms with E-state index in [0.29, 0.717) is 0 Å². The molecule has 0 radical (unpaired) electrons. The fourth-order valence-corrected chi connectivity index (χ4v) is 2.43. The number of carbonyl (C=O) groups excluding carboxylic acids is 1. The second-order valence-corrected chi connectivity index (χ2v) is 5.62. The summed E-state index contributed by atoms with van der Waals surface area (Å²) in [6.07, 6.45) is 0.846. The number of carbonyl (C=O) groups is 1. The molecule has 3 nitrogen and oxygen atoms in total. The van der Waals surface area contributed by atoms with E-state index in [2.05, 4.69) is 41.8 Å². The highest BCUT2D eigenvalue weighted by molar-refractivity contribution is 5.95. The van der Waals surface area contributed by atoms with Crippen LogP contribution in [0.4, 0.5) is 0 Å². The molecule has 2 N–H and O–H groups in total. The van der Waals surface area contributed by atoms with E-state index >= 15 is 0 Å². The molecule has 116 valence electrons. The zero-order valence-corrected chi connectivity index (χ0v) is 13.5. The van der Waals surface area contributed by atoms with Crippen molar-refractivity contribution < 1.29 is 4.79 Å². The van der Waals surface area contributed by atoms with E-state index in [-0.39, 0.29) is 11.9 Å². The van der Waals surface area contributed by atoms with Gasteiger partial charge in [0.1, 0.15) is 0 Å². The number of hydrogen-bond donors (Lipinski definition) is 2. The Kier molecular flexibility index (Phi) is 5.73. The van der Waals surface area contributed by atoms with Crippen molar-refractivity contribution in [1.82, 2.24) is 10.6 Å². The van der Waals surface area contributed by atoms with Crippen LogP contribution in [0.1, 0.15) is 40.0 Å². The summed E-state index contributed by atoms with van der Waals surface area (Å²) in [5, 5.41) is 6.21. The van der Waals surface area contributed by atoms with Gasteiger partial charge in [0.05, 0.1) is 6.04 Å². The highest BCUT2D eigenvalue weighted by Crippen LogP contribution is 2.15. The summed E-state index contributed by atoms with van der Waals surface area (Å²) in [7, 11) is 1.92. The Morgan fingerprint density at radius 1 is 1.09 bits per heavy atom. The Labute approximate surface area is 132 Å². The van der Waals surface area contributed by atoms with Crippen LogP contribution in [0, 0.1) is 6.92 Å². The van der Waals surface area contributed by atoms with E-state index < -0.39 is 0 Å². The summed E-state index contributed by atoms with van der Waals surface area (Å²) < 4.78 is 0. The van der Waals surface area contributed by atoms with Crippen LogP contribution in [-0.2, 0) is 6.42 Å². The van der Waals surface area contributed by atoms with Gasteiger partial charge >= 0.3 is 0 Å². The lowest BCUT2D eigenvalue weighted by molar-refractivity contribution is 0.0939. The van der Waals surface area contributed by atoms with E-state index in [1.807, 2.05) is 38.2 Å². The molecule has 2 aromatic carbocycles. The molecular weight excluding hydrogens is 272 g/mol. The van der Waals surface area contributed by atoms with Gasteiger partial charge in [-0.15, -0.1) is 0 Å². The standard InChI is InChI=1S/C19H24N2O/c1-14-8-10-16(11-9-14)15(2)21-19(22)18-7-5-4-6-17(18)12-13-20-3/h4-11,15,20H,12-13H2,1-3H3,(H,21,22). The van der Waals surface area contributed by atoms with Gasteiger partial charge in [-0.2, -0.15) is 0 Å². The van der Waals surface area contributed by atoms with Crippen LogP contribution in [0.25, 0.3) is 0 Å². The van der Waals surface area contributed by atoms with E-state index in [0.717, 1.165) is 29.7 Å². The van der Waals surface area contributed by atoms with Crippen LogP contribution in [0.3, 0.4) is 0 Å². The van der Waals surface area contributed by atoms with Crippen LogP contribution in [-0.4, -0.2) is 19.5 Å². The maximum absolute atomic E-state index is 12.5. The topological polar surface area (TPSA) is 41.1 Å². The monoisotopic (exact) mass is 296 g/mol. The third kappa shape index (κ3) is 4.18. The van der Waals surface area contributed by atoms with Crippen molar-refractivity contribution >= 4 is 5.91 Å². The van der Waals surface area contributed by atoms with Gasteiger partial charge in [0.15, 0.2) is 0 Å². The zero-order valence-electron chi connectivity index (χ0n) is 13.5. The third-order valence-electron chi connectivity index (χ3n) is 3.83. The first-order chi connectivity index (χ1) is 10.6. The number of nitrogens with one attached hydrogen (secondary N) is 2. The van der Waals surface area contributed by atoms with Crippen molar-refractivity contribution in [2.75, 3.05) is 13.6 Å². The quantitative estimate of drug-likeness (QED) is 0.859. The van der Waals surface area contributed by atoms with E-state index in [1.165, 1.54) is 5.56 Å². The van der Waals surface area contributed by atoms with Gasteiger partial charge in [-0.25, -0.2) is 0 Å². The summed E-state index contributed by atoms with van der Waals surface area (Å²) >= 11 is 0. The first-order valence-corrected chi connectivity index (χ1v) is 7.71. The van der Waals surface area contributed by atoms with Crippen molar-refractivity contribution in [3.63, 3.8) is 0 Å². The lowest BCUT2D eigenvalue weighted by Crippen LogP contribution is -2.28. The summed E-state index contributed by atoms with van der Waals surface area (Å²) in [6, 6.07) is 16.0. The molecule has 0 aliphatic carbocycles. The average molecular weight is 296 g/mol. The number of amides is 1. The molecule has 1 amide bonds. The van der Waals surface area contributed by atoms with Gasteiger partial charge < -0.3 is 10.6 Å². The maximum Gasteiger partial charge on any atom is 0.252 e. The lowest BCUT2D eigenvalue weighted by atomic mass is 10.0. The number of benzene rings is 2. The van der Waals surface area contributed by atoms with Crippen molar-refractivity contribution in [3.8, 4) is 0 Å². The maximum atomic E-state index is 12.5. The molecule has 0 aliphatic heterocycles. The van der Waals surface area contributed by atoms with Crippen molar-refractivity contribution in [1.29, 1.82) is 0 Å². The third-order valence-corrected chi connectivity index (χ3v) is 3.83. The molecule has 1 atom stereocenters. The van der Waals surface area contributed by atoms with Crippen molar-refractivity contribution in [2.24, 2.45) is 0 Å². The van der Waals surface area contributed by atoms with E-state index in [1.54, 1.807) is 0 Å². The molecule has 0 saturated carbocycles. The Balaban J connectivity index is 2.10. The Bertz CT molecular complexity index is 620. The minimum atomic E-state index is -0.0141. The normalized spacial score (nSPS) is 12.0. The molecule has 0 spiro atoms. The average Bonchev–Trinajstić information content (AvgIpc) is 2.53. The molecule has 0 bridgehead atoms. The fourth-order valence-electron chi connectivity index (χ4n) is 2.43. The number of hydrogen-bond acceptors (Lipinski definition) is 2. The van der Waals surface area contributed by atoms with Gasteiger partial charge in [-0.1, -0.05) is 48.0 Å². The van der Waals surface area contributed by atoms with Gasteiger partial charge in [-0.05, 0) is 51.1 Å². The van der Waals surface area contributed by atoms with Crippen molar-refractivity contribution in [3.05, 3.63) is 70.8 Å². The summed E-state index contributed by atoms with van der Waals surface area (Å²) in [5.74, 6) is -0.0141. The fraction of sp³-hybridized carbons (Fsp3) is 0.316. The first kappa shape index (κ1) is 16.2. The summed E-state index contributed by atoms with van der Waals surface area (Å²) in [5.41, 5.74) is 4.17. The lowest BCUT2D eigenvalue weighted by Gasteiger charge is -2.16. The van der Waals surface area contributed by atoms with Crippen molar-refractivity contribution in [2.45, 2.75) is 26.3 Å². The van der Waals surface area contributed by atoms with Gasteiger partial charge in [0.2, 0.25) is 0 Å². The van der Waals surface area contributed by atoms with E-state index in [9.17, 15) is 4.79 Å². The van der Waals surface area contributed by atoms with Crippen LogP contribution in [0.15, 0.2) is 48.5 Å². The molecule has 0 aromatic heterocycles. The molecule has 0 aliphatic rings. The van der Waals surface area contributed by atoms with Gasteiger partial charge in [-0.3, -0.25) is 4.79 Å². The number of rotatable bonds is 6. The number of likely N-dealkylation sites (N-methyl/N-ethyl adjacent to an activating group) is 1. The molecule has 2 aromatic rings. The molecule has 0 saturated heterocycles. The summed E-state index contributed by atoms with van der Waals surface area (Å²) in [4.78, 5) is 12.5. The predicted octanol–water partition coefficient (Wildman–Crippen LogP) is 3.25. The SMILES string of the molecule is CNCCc1ccccc1C(=O)NC(C)c1ccc(C)cc1. The van der Waals surface area contributed by atoms with Crippen LogP contribution < -0.4 is 10.6 Å².